The van der Waals surface area contributed by atoms with Gasteiger partial charge in [0, 0.05) is 28.6 Å². The normalized spacial score (nSPS) is 16.5. The molecule has 0 amide bonds. The van der Waals surface area contributed by atoms with Crippen LogP contribution in [0.3, 0.4) is 0 Å². The zero-order chi connectivity index (χ0) is 27.4. The average molecular weight is 529 g/mol. The molecule has 0 spiro atoms. The van der Waals surface area contributed by atoms with E-state index in [1.54, 1.807) is 26.2 Å². The largest absolute Gasteiger partial charge is 0.496 e. The van der Waals surface area contributed by atoms with Gasteiger partial charge in [0.05, 0.1) is 45.6 Å². The maximum atomic E-state index is 12.6. The predicted molar refractivity (Wildman–Crippen MR) is 147 cm³/mol. The number of esters is 2. The van der Waals surface area contributed by atoms with Crippen molar-refractivity contribution in [2.45, 2.75) is 38.6 Å². The lowest BCUT2D eigenvalue weighted by atomic mass is 9.89. The maximum absolute atomic E-state index is 12.6. The van der Waals surface area contributed by atoms with Gasteiger partial charge in [-0.2, -0.15) is 0 Å². The minimum Gasteiger partial charge on any atom is -0.496 e. The number of para-hydroxylation sites is 1. The van der Waals surface area contributed by atoms with Gasteiger partial charge in [0.1, 0.15) is 11.8 Å². The van der Waals surface area contributed by atoms with E-state index in [4.69, 9.17) is 18.9 Å². The first-order chi connectivity index (χ1) is 19.0. The van der Waals surface area contributed by atoms with Gasteiger partial charge in [-0.15, -0.1) is 0 Å². The third-order valence-corrected chi connectivity index (χ3v) is 7.06. The Morgan fingerprint density at radius 3 is 2.51 bits per heavy atom. The molecule has 2 heterocycles. The van der Waals surface area contributed by atoms with Gasteiger partial charge in [0.2, 0.25) is 0 Å². The Balaban J connectivity index is 1.43. The number of rotatable bonds is 9. The van der Waals surface area contributed by atoms with Gasteiger partial charge >= 0.3 is 11.9 Å². The highest BCUT2D eigenvalue weighted by Gasteiger charge is 2.34. The van der Waals surface area contributed by atoms with Crippen molar-refractivity contribution in [3.05, 3.63) is 100 Å². The topological polar surface area (TPSA) is 98.9 Å². The second kappa shape index (κ2) is 11.7. The van der Waals surface area contributed by atoms with Crippen molar-refractivity contribution in [2.75, 3.05) is 20.8 Å². The number of hydrogen-bond donors (Lipinski definition) is 2. The maximum Gasteiger partial charge on any atom is 0.338 e. The fourth-order valence-corrected chi connectivity index (χ4v) is 5.21. The number of ether oxygens (including phenoxy) is 4. The van der Waals surface area contributed by atoms with Crippen LogP contribution in [0.4, 0.5) is 0 Å². The van der Waals surface area contributed by atoms with E-state index in [0.29, 0.717) is 24.3 Å². The summed E-state index contributed by atoms with van der Waals surface area (Å²) in [4.78, 5) is 28.5. The Morgan fingerprint density at radius 2 is 1.72 bits per heavy atom. The molecule has 8 heteroatoms. The van der Waals surface area contributed by atoms with Gasteiger partial charge in [-0.25, -0.2) is 4.79 Å². The highest BCUT2D eigenvalue weighted by Crippen LogP contribution is 2.37. The fraction of sp³-hybridized carbons (Fsp3) is 0.290. The lowest BCUT2D eigenvalue weighted by molar-refractivity contribution is -0.143. The van der Waals surface area contributed by atoms with Crippen LogP contribution in [0, 0.1) is 0 Å². The Bertz CT molecular complexity index is 1490. The van der Waals surface area contributed by atoms with Gasteiger partial charge < -0.3 is 23.9 Å². The lowest BCUT2D eigenvalue weighted by Gasteiger charge is -2.30. The van der Waals surface area contributed by atoms with Crippen LogP contribution >= 0.6 is 0 Å². The highest BCUT2D eigenvalue weighted by molar-refractivity contribution is 5.91. The average Bonchev–Trinajstić information content (AvgIpc) is 3.35. The first-order valence-electron chi connectivity index (χ1n) is 13.0. The molecule has 1 aromatic heterocycles. The first kappa shape index (κ1) is 26.5. The molecule has 0 fully saturated rings. The van der Waals surface area contributed by atoms with Crippen LogP contribution in [0.2, 0.25) is 0 Å². The van der Waals surface area contributed by atoms with Crippen molar-refractivity contribution in [2.24, 2.45) is 0 Å². The molecule has 4 aromatic rings. The predicted octanol–water partition coefficient (Wildman–Crippen LogP) is 4.85. The number of H-pyrrole nitrogens is 1. The SMILES string of the molecule is CCOC(=O)c1ccccc1COCc1cc(C2NC(C(=O)OC)Cc3c2[nH]c2ccccc32)ccc1OC. The molecule has 2 N–H and O–H groups in total. The summed E-state index contributed by atoms with van der Waals surface area (Å²) in [6, 6.07) is 20.6. The quantitative estimate of drug-likeness (QED) is 0.300. The number of fused-ring (bicyclic) bond motifs is 3. The van der Waals surface area contributed by atoms with Gasteiger partial charge in [-0.05, 0) is 47.9 Å². The number of aromatic amines is 1. The van der Waals surface area contributed by atoms with E-state index < -0.39 is 6.04 Å². The molecule has 39 heavy (non-hydrogen) atoms. The van der Waals surface area contributed by atoms with Gasteiger partial charge in [0.25, 0.3) is 0 Å². The molecular weight excluding hydrogens is 496 g/mol. The Hall–Kier alpha value is -4.14. The monoisotopic (exact) mass is 528 g/mol. The van der Waals surface area contributed by atoms with Crippen molar-refractivity contribution in [1.82, 2.24) is 10.3 Å². The standard InChI is InChI=1S/C31H32N2O6/c1-4-39-30(34)22-10-6-5-9-20(22)17-38-18-21-15-19(13-14-27(21)36-2)28-29-24(16-26(33-28)31(35)37-3)23-11-7-8-12-25(23)32-29/h5-15,26,28,32-33H,4,16-18H2,1-3H3. The zero-order valence-corrected chi connectivity index (χ0v) is 22.3. The van der Waals surface area contributed by atoms with E-state index in [0.717, 1.165) is 38.9 Å². The molecule has 0 saturated heterocycles. The first-order valence-corrected chi connectivity index (χ1v) is 13.0. The molecule has 0 saturated carbocycles. The third kappa shape index (κ3) is 5.39. The van der Waals surface area contributed by atoms with E-state index in [9.17, 15) is 9.59 Å². The molecule has 0 radical (unpaired) electrons. The van der Waals surface area contributed by atoms with Gasteiger partial charge in [-0.1, -0.05) is 42.5 Å². The summed E-state index contributed by atoms with van der Waals surface area (Å²) >= 11 is 0. The molecule has 0 aliphatic carbocycles. The lowest BCUT2D eigenvalue weighted by Crippen LogP contribution is -2.45. The number of hydrogen-bond acceptors (Lipinski definition) is 7. The van der Waals surface area contributed by atoms with E-state index in [-0.39, 0.29) is 31.2 Å². The molecule has 5 rings (SSSR count). The fourth-order valence-electron chi connectivity index (χ4n) is 5.21. The Labute approximate surface area is 227 Å². The van der Waals surface area contributed by atoms with Crippen molar-refractivity contribution >= 4 is 22.8 Å². The molecule has 8 nitrogen and oxygen atoms in total. The highest BCUT2D eigenvalue weighted by atomic mass is 16.5. The zero-order valence-electron chi connectivity index (χ0n) is 22.3. The molecule has 1 aliphatic rings. The van der Waals surface area contributed by atoms with Crippen LogP contribution < -0.4 is 10.1 Å². The summed E-state index contributed by atoms with van der Waals surface area (Å²) < 4.78 is 22.0. The van der Waals surface area contributed by atoms with Crippen LogP contribution in [0.15, 0.2) is 66.7 Å². The summed E-state index contributed by atoms with van der Waals surface area (Å²) in [5, 5.41) is 4.58. The molecule has 2 unspecified atom stereocenters. The summed E-state index contributed by atoms with van der Waals surface area (Å²) in [6.07, 6.45) is 0.536. The summed E-state index contributed by atoms with van der Waals surface area (Å²) in [7, 11) is 3.03. The molecule has 0 bridgehead atoms. The van der Waals surface area contributed by atoms with Gasteiger partial charge in [0.15, 0.2) is 0 Å². The van der Waals surface area contributed by atoms with Crippen LogP contribution in [-0.4, -0.2) is 43.8 Å². The number of methoxy groups -OCH3 is 2. The minimum absolute atomic E-state index is 0.237. The van der Waals surface area contributed by atoms with Crippen LogP contribution in [0.5, 0.6) is 5.75 Å². The summed E-state index contributed by atoms with van der Waals surface area (Å²) in [5.74, 6) is 0.0249. The number of carbonyl (C=O) groups excluding carboxylic acids is 2. The van der Waals surface area contributed by atoms with E-state index >= 15 is 0 Å². The second-order valence-electron chi connectivity index (χ2n) is 9.38. The van der Waals surface area contributed by atoms with Crippen molar-refractivity contribution in [3.8, 4) is 5.75 Å². The van der Waals surface area contributed by atoms with Crippen molar-refractivity contribution in [1.29, 1.82) is 0 Å². The molecular formula is C31H32N2O6. The minimum atomic E-state index is -0.479. The van der Waals surface area contributed by atoms with Crippen LogP contribution in [-0.2, 0) is 38.6 Å². The number of aromatic nitrogens is 1. The van der Waals surface area contributed by atoms with E-state index in [2.05, 4.69) is 16.4 Å². The molecule has 202 valence electrons. The van der Waals surface area contributed by atoms with Crippen molar-refractivity contribution in [3.63, 3.8) is 0 Å². The molecule has 3 aromatic carbocycles. The molecule has 2 atom stereocenters. The van der Waals surface area contributed by atoms with E-state index in [1.165, 1.54) is 7.11 Å². The number of nitrogens with one attached hydrogen (secondary N) is 2. The summed E-state index contributed by atoms with van der Waals surface area (Å²) in [6.45, 7) is 2.59. The Morgan fingerprint density at radius 1 is 0.949 bits per heavy atom. The van der Waals surface area contributed by atoms with Crippen molar-refractivity contribution < 1.29 is 28.5 Å². The third-order valence-electron chi connectivity index (χ3n) is 7.06. The number of carbonyl (C=O) groups is 2. The Kier molecular flexibility index (Phi) is 7.95. The van der Waals surface area contributed by atoms with Crippen LogP contribution in [0.25, 0.3) is 10.9 Å². The number of benzene rings is 3. The molecule has 1 aliphatic heterocycles. The smallest absolute Gasteiger partial charge is 0.338 e. The second-order valence-corrected chi connectivity index (χ2v) is 9.38. The van der Waals surface area contributed by atoms with Crippen LogP contribution in [0.1, 0.15) is 51.3 Å². The summed E-state index contributed by atoms with van der Waals surface area (Å²) in [5.41, 5.74) is 6.21. The van der Waals surface area contributed by atoms with Gasteiger partial charge in [-0.3, -0.25) is 10.1 Å². The van der Waals surface area contributed by atoms with E-state index in [1.807, 2.05) is 48.5 Å².